The van der Waals surface area contributed by atoms with Crippen molar-refractivity contribution in [3.05, 3.63) is 48.3 Å². The molecule has 684 valence electrons. The van der Waals surface area contributed by atoms with Crippen LogP contribution in [0.2, 0.25) is 0 Å². The number of halogens is 3. The van der Waals surface area contributed by atoms with Gasteiger partial charge in [0.15, 0.2) is 5.69 Å². The molecule has 40 nitrogen and oxygen atoms in total. The van der Waals surface area contributed by atoms with Crippen LogP contribution in [0.15, 0.2) is 36.8 Å². The summed E-state index contributed by atoms with van der Waals surface area (Å²) >= 11 is 0. The van der Waals surface area contributed by atoms with Gasteiger partial charge in [0.05, 0.1) is 220 Å². The standard InChI is InChI=1S/C78H124F3N13O27/c1-106-77(105)89-55-11-12-57-59(40-55)93-75(103)53(4-2-6-58(74-87-42-60(57)91-74)92-76(104)54-9-7-52(41-82)8-10-54)5-3-16-84-69(98)50-118-38-34-113-35-39-119-51-70(99)88-56(45-114-19-14-67(96)85-17-22-107-24-26-109-28-30-111-32-36-116-48-63-72(101)62(95)13-21-120-63)46-115-20-15-68(97)86-18-23-108-25-27-110-29-31-112-33-37-117-49-64-73(102)71(100)61(47-121-64)90-66-44-83-43-65(94-66)78(79,80)81/h11-12,40,42-44,52-54,56,58,61-64,71-73,95,100-102H,2-10,13-39,41,45-51,82H2,1H3,(H,84,98)(H,85,96)(H,86,97)(H,87,91)(H,88,99)(H,89,105)(H,90,94)(H,92,104)(H,93,103)/t52-,53?,54-,56?,58-,61-,62+,63+,64+,71+,72+,73-/m0/s1. The Morgan fingerprint density at radius 3 is 1.76 bits per heavy atom. The molecule has 3 aliphatic heterocycles. The number of nitrogens with zero attached hydrogens (tertiary/aromatic N) is 3. The van der Waals surface area contributed by atoms with Crippen molar-refractivity contribution in [2.75, 3.05) is 234 Å². The molecule has 7 amide bonds. The van der Waals surface area contributed by atoms with Crippen molar-refractivity contribution in [3.63, 3.8) is 0 Å². The van der Waals surface area contributed by atoms with Gasteiger partial charge in [-0.2, -0.15) is 13.2 Å². The summed E-state index contributed by atoms with van der Waals surface area (Å²) in [6.07, 6.45) is -2.02. The van der Waals surface area contributed by atoms with Gasteiger partial charge in [-0.3, -0.25) is 39.1 Å². The monoisotopic (exact) mass is 1730 g/mol. The molecule has 5 heterocycles. The van der Waals surface area contributed by atoms with E-state index in [-0.39, 0.29) is 219 Å². The molecule has 0 radical (unpaired) electrons. The molecule has 3 fully saturated rings. The van der Waals surface area contributed by atoms with Crippen molar-refractivity contribution in [1.82, 2.24) is 46.5 Å². The molecule has 43 heteroatoms. The first kappa shape index (κ1) is 100. The number of carbonyl (C=O) groups is 7. The number of carbonyl (C=O) groups excluding carboxylic acids is 7. The second-order valence-electron chi connectivity index (χ2n) is 29.0. The SMILES string of the molecule is COC(=O)Nc1ccc2c(c1)NC(=O)C(CCCNC(=O)COCCOCCOCC(=O)NC(COCCC(=O)NCCOCCOCCOCCOC[C@H]1OC[C@H](Nc3cncc(C(F)(F)F)n3)[C@@H](O)[C@H]1O)COCCC(=O)NCCOCCOCCOCCOC[C@H]1OCC[C@@H](O)[C@H]1O)CCC[C@H](NC(=O)[C@H]1CC[C@H](CN)CC1)c1nc-2c[nH]1. The maximum absolute atomic E-state index is 14.1. The van der Waals surface area contributed by atoms with Gasteiger partial charge in [0, 0.05) is 68.4 Å². The topological polar surface area (TPSA) is 525 Å². The Morgan fingerprint density at radius 1 is 0.612 bits per heavy atom. The van der Waals surface area contributed by atoms with Gasteiger partial charge in [-0.1, -0.05) is 6.42 Å². The predicted molar refractivity (Wildman–Crippen MR) is 424 cm³/mol. The Balaban J connectivity index is 0.723. The fourth-order valence-corrected chi connectivity index (χ4v) is 13.0. The van der Waals surface area contributed by atoms with E-state index in [1.54, 1.807) is 24.4 Å². The van der Waals surface area contributed by atoms with E-state index >= 15 is 0 Å². The second kappa shape index (κ2) is 58.5. The molecule has 10 atom stereocenters. The molecule has 2 aromatic heterocycles. The highest BCUT2D eigenvalue weighted by molar-refractivity contribution is 5.98. The number of ether oxygens (including phenoxy) is 16. The fourth-order valence-electron chi connectivity index (χ4n) is 13.0. The van der Waals surface area contributed by atoms with Crippen LogP contribution in [0.25, 0.3) is 11.3 Å². The van der Waals surface area contributed by atoms with Gasteiger partial charge in [0.1, 0.15) is 55.4 Å². The number of nitrogens with two attached hydrogens (primary N) is 1. The smallest absolute Gasteiger partial charge is 0.434 e. The minimum absolute atomic E-state index is 0.00215. The predicted octanol–water partition coefficient (Wildman–Crippen LogP) is 0.446. The van der Waals surface area contributed by atoms with Crippen LogP contribution in [0.5, 0.6) is 0 Å². The molecule has 7 rings (SSSR count). The number of hydrogen-bond donors (Lipinski definition) is 14. The highest BCUT2D eigenvalue weighted by Gasteiger charge is 2.40. The van der Waals surface area contributed by atoms with Gasteiger partial charge in [-0.15, -0.1) is 0 Å². The molecule has 4 aliphatic rings. The van der Waals surface area contributed by atoms with E-state index in [0.29, 0.717) is 125 Å². The first-order chi connectivity index (χ1) is 58.7. The molecular weight excluding hydrogens is 1610 g/mol. The molecule has 1 saturated carbocycles. The number of aromatic nitrogens is 4. The molecule has 2 unspecified atom stereocenters. The summed E-state index contributed by atoms with van der Waals surface area (Å²) in [5.74, 6) is -1.62. The van der Waals surface area contributed by atoms with Gasteiger partial charge in [-0.05, 0) is 88.4 Å². The van der Waals surface area contributed by atoms with Gasteiger partial charge >= 0.3 is 12.3 Å². The van der Waals surface area contributed by atoms with E-state index in [2.05, 4.69) is 57.5 Å². The van der Waals surface area contributed by atoms with Gasteiger partial charge in [0.25, 0.3) is 0 Å². The first-order valence-electron chi connectivity index (χ1n) is 41.2. The molecule has 1 aromatic carbocycles. The molecule has 2 saturated heterocycles. The Hall–Kier alpha value is -7.61. The Labute approximate surface area is 700 Å². The van der Waals surface area contributed by atoms with Crippen LogP contribution < -0.4 is 48.3 Å². The summed E-state index contributed by atoms with van der Waals surface area (Å²) in [5, 5.41) is 63.6. The maximum Gasteiger partial charge on any atom is 0.434 e. The third kappa shape index (κ3) is 40.3. The van der Waals surface area contributed by atoms with Crippen LogP contribution in [-0.2, 0) is 111 Å². The molecule has 2 bridgehead atoms. The van der Waals surface area contributed by atoms with Crippen LogP contribution >= 0.6 is 0 Å². The molecular formula is C78H124F3N13O27. The van der Waals surface area contributed by atoms with Gasteiger partial charge in [-0.25, -0.2) is 14.8 Å². The van der Waals surface area contributed by atoms with Crippen LogP contribution in [0.4, 0.5) is 35.2 Å². The van der Waals surface area contributed by atoms with E-state index < -0.39 is 84.5 Å². The molecule has 0 spiro atoms. The number of anilines is 3. The Bertz CT molecular complexity index is 3450. The number of rotatable bonds is 59. The maximum atomic E-state index is 14.1. The Morgan fingerprint density at radius 2 is 1.17 bits per heavy atom. The number of aromatic amines is 1. The number of imidazole rings is 1. The van der Waals surface area contributed by atoms with Crippen molar-refractivity contribution in [2.24, 2.45) is 23.5 Å². The van der Waals surface area contributed by atoms with Crippen LogP contribution in [-0.4, -0.2) is 349 Å². The molecule has 1 aliphatic carbocycles. The zero-order valence-corrected chi connectivity index (χ0v) is 68.7. The zero-order valence-electron chi connectivity index (χ0n) is 68.7. The van der Waals surface area contributed by atoms with Gasteiger partial charge < -0.3 is 144 Å². The Kier molecular flexibility index (Phi) is 48.6. The average Bonchev–Trinajstić information content (AvgIpc) is 1.10. The summed E-state index contributed by atoms with van der Waals surface area (Å²) < 4.78 is 127. The number of benzene rings is 1. The van der Waals surface area contributed by atoms with E-state index in [0.717, 1.165) is 31.9 Å². The van der Waals surface area contributed by atoms with Crippen molar-refractivity contribution in [1.29, 1.82) is 0 Å². The van der Waals surface area contributed by atoms with Crippen molar-refractivity contribution in [2.45, 2.75) is 138 Å². The largest absolute Gasteiger partial charge is 0.453 e. The van der Waals surface area contributed by atoms with E-state index in [1.807, 2.05) is 0 Å². The second-order valence-corrected chi connectivity index (χ2v) is 29.0. The normalized spacial score (nSPS) is 21.6. The van der Waals surface area contributed by atoms with Crippen molar-refractivity contribution in [3.8, 4) is 11.3 Å². The number of fused-ring (bicyclic) bond motifs is 4. The number of aliphatic hydroxyl groups is 4. The minimum atomic E-state index is -4.71. The van der Waals surface area contributed by atoms with E-state index in [9.17, 15) is 67.2 Å². The van der Waals surface area contributed by atoms with Crippen LogP contribution in [0.1, 0.15) is 94.6 Å². The van der Waals surface area contributed by atoms with Crippen molar-refractivity contribution >= 4 is 58.7 Å². The number of H-pyrrole nitrogens is 1. The number of alkyl halides is 3. The molecule has 15 N–H and O–H groups in total. The van der Waals surface area contributed by atoms with Gasteiger partial charge in [0.2, 0.25) is 35.4 Å². The molecule has 3 aromatic rings. The number of hydrogen-bond acceptors (Lipinski definition) is 32. The van der Waals surface area contributed by atoms with Crippen LogP contribution in [0, 0.1) is 17.8 Å². The number of methoxy groups -OCH3 is 1. The highest BCUT2D eigenvalue weighted by Crippen LogP contribution is 2.35. The lowest BCUT2D eigenvalue weighted by Crippen LogP contribution is -2.57. The third-order valence-corrected chi connectivity index (χ3v) is 19.8. The third-order valence-electron chi connectivity index (χ3n) is 19.8. The summed E-state index contributed by atoms with van der Waals surface area (Å²) in [6.45, 7) is 4.83. The molecule has 121 heavy (non-hydrogen) atoms. The average molecular weight is 1730 g/mol. The fraction of sp³-hybridized carbons (Fsp3) is 0.744. The lowest BCUT2D eigenvalue weighted by atomic mass is 9.81. The van der Waals surface area contributed by atoms with E-state index in [4.69, 9.17) is 86.5 Å². The first-order valence-corrected chi connectivity index (χ1v) is 41.2. The minimum Gasteiger partial charge on any atom is -0.453 e. The zero-order chi connectivity index (χ0) is 86.7. The summed E-state index contributed by atoms with van der Waals surface area (Å²) in [6, 6.07) is 2.93. The quantitative estimate of drug-likeness (QED) is 0.0341. The lowest BCUT2D eigenvalue weighted by molar-refractivity contribution is -0.161. The number of amides is 7. The number of nitrogens with one attached hydrogen (secondary N) is 9. The van der Waals surface area contributed by atoms with Crippen molar-refractivity contribution < 1.29 is 143 Å². The lowest BCUT2D eigenvalue weighted by Gasteiger charge is -2.38. The number of aliphatic hydroxyl groups excluding tert-OH is 4. The summed E-state index contributed by atoms with van der Waals surface area (Å²) in [4.78, 5) is 106. The van der Waals surface area contributed by atoms with E-state index in [1.165, 1.54) is 7.11 Å². The van der Waals surface area contributed by atoms with Crippen LogP contribution in [0.3, 0.4) is 0 Å². The summed E-state index contributed by atoms with van der Waals surface area (Å²) in [7, 11) is 1.25. The highest BCUT2D eigenvalue weighted by atomic mass is 19.4. The summed E-state index contributed by atoms with van der Waals surface area (Å²) in [5.41, 5.74) is 6.63.